The van der Waals surface area contributed by atoms with Gasteiger partial charge in [-0.25, -0.2) is 9.48 Å². The van der Waals surface area contributed by atoms with Crippen molar-refractivity contribution in [2.45, 2.75) is 39.2 Å². The van der Waals surface area contributed by atoms with Crippen LogP contribution in [0.3, 0.4) is 0 Å². The highest BCUT2D eigenvalue weighted by Gasteiger charge is 2.16. The van der Waals surface area contributed by atoms with Crippen LogP contribution in [0, 0.1) is 0 Å². The number of carbonyl (C=O) groups excluding carboxylic acids is 3. The number of imide groups is 1. The molecular formula is C19H24N4O4. The number of esters is 1. The first-order valence-electron chi connectivity index (χ1n) is 8.59. The Bertz CT molecular complexity index is 794. The molecule has 2 rings (SSSR count). The lowest BCUT2D eigenvalue weighted by molar-refractivity contribution is -0.148. The van der Waals surface area contributed by atoms with E-state index in [-0.39, 0.29) is 6.42 Å². The number of aromatic nitrogens is 2. The summed E-state index contributed by atoms with van der Waals surface area (Å²) >= 11 is 0. The Kier molecular flexibility index (Phi) is 6.70. The lowest BCUT2D eigenvalue weighted by Crippen LogP contribution is -2.49. The van der Waals surface area contributed by atoms with Crippen molar-refractivity contribution in [3.05, 3.63) is 48.3 Å². The number of hydrogen-bond acceptors (Lipinski definition) is 5. The quantitative estimate of drug-likeness (QED) is 0.755. The van der Waals surface area contributed by atoms with Gasteiger partial charge in [-0.05, 0) is 44.9 Å². The number of aryl methyl sites for hydroxylation is 1. The van der Waals surface area contributed by atoms with Gasteiger partial charge in [0.1, 0.15) is 0 Å². The summed E-state index contributed by atoms with van der Waals surface area (Å²) < 4.78 is 6.61. The van der Waals surface area contributed by atoms with E-state index in [1.807, 2.05) is 36.5 Å². The Balaban J connectivity index is 1.71. The van der Waals surface area contributed by atoms with Gasteiger partial charge in [0.2, 0.25) is 0 Å². The minimum atomic E-state index is -0.679. The number of carbonyl (C=O) groups is 3. The van der Waals surface area contributed by atoms with E-state index in [1.54, 1.807) is 31.6 Å². The topological polar surface area (TPSA) is 102 Å². The number of para-hydroxylation sites is 1. The highest BCUT2D eigenvalue weighted by molar-refractivity contribution is 5.95. The molecule has 2 N–H and O–H groups in total. The molecule has 0 aliphatic carbocycles. The van der Waals surface area contributed by atoms with Gasteiger partial charge in [-0.3, -0.25) is 14.9 Å². The summed E-state index contributed by atoms with van der Waals surface area (Å²) in [6.45, 7) is 4.87. The number of urea groups is 1. The second kappa shape index (κ2) is 8.98. The molecular weight excluding hydrogens is 348 g/mol. The molecule has 27 heavy (non-hydrogen) atoms. The van der Waals surface area contributed by atoms with Gasteiger partial charge in [-0.2, -0.15) is 5.10 Å². The molecule has 0 atom stereocenters. The number of amides is 3. The molecule has 1 aromatic heterocycles. The molecule has 144 valence electrons. The van der Waals surface area contributed by atoms with Gasteiger partial charge < -0.3 is 10.1 Å². The monoisotopic (exact) mass is 372 g/mol. The molecule has 0 unspecified atom stereocenters. The first-order chi connectivity index (χ1) is 12.7. The molecule has 0 saturated heterocycles. The van der Waals surface area contributed by atoms with Crippen LogP contribution in [0.2, 0.25) is 0 Å². The fourth-order valence-electron chi connectivity index (χ4n) is 2.21. The fraction of sp³-hybridized carbons (Fsp3) is 0.368. The third-order valence-corrected chi connectivity index (χ3v) is 3.38. The molecule has 0 spiro atoms. The average Bonchev–Trinajstić information content (AvgIpc) is 3.06. The van der Waals surface area contributed by atoms with Crippen LogP contribution < -0.4 is 10.6 Å². The zero-order chi connectivity index (χ0) is 19.9. The van der Waals surface area contributed by atoms with Crippen LogP contribution >= 0.6 is 0 Å². The zero-order valence-corrected chi connectivity index (χ0v) is 15.7. The first-order valence-corrected chi connectivity index (χ1v) is 8.59. The van der Waals surface area contributed by atoms with Crippen LogP contribution in [0.25, 0.3) is 5.69 Å². The summed E-state index contributed by atoms with van der Waals surface area (Å²) in [7, 11) is 0. The fourth-order valence-corrected chi connectivity index (χ4v) is 2.21. The van der Waals surface area contributed by atoms with Gasteiger partial charge in [-0.1, -0.05) is 18.2 Å². The van der Waals surface area contributed by atoms with Crippen molar-refractivity contribution in [3.8, 4) is 5.69 Å². The van der Waals surface area contributed by atoms with Crippen molar-refractivity contribution in [3.63, 3.8) is 0 Å². The van der Waals surface area contributed by atoms with E-state index in [4.69, 9.17) is 4.74 Å². The maximum Gasteiger partial charge on any atom is 0.321 e. The standard InChI is InChI=1S/C19H24N4O4/c1-19(2,3)22-18(26)21-16(24)13-27-17(25)10-9-14-11-20-23(12-14)15-7-5-4-6-8-15/h4-8,11-12H,9-10,13H2,1-3H3,(H2,21,22,24,26). The number of nitrogens with zero attached hydrogens (tertiary/aromatic N) is 2. The van der Waals surface area contributed by atoms with E-state index in [0.717, 1.165) is 11.3 Å². The summed E-state index contributed by atoms with van der Waals surface area (Å²) in [5.41, 5.74) is 1.34. The van der Waals surface area contributed by atoms with Gasteiger partial charge in [0.05, 0.1) is 11.9 Å². The highest BCUT2D eigenvalue weighted by atomic mass is 16.5. The molecule has 0 aliphatic heterocycles. The normalized spacial score (nSPS) is 10.9. The van der Waals surface area contributed by atoms with Gasteiger partial charge in [0.25, 0.3) is 5.91 Å². The third-order valence-electron chi connectivity index (χ3n) is 3.38. The zero-order valence-electron chi connectivity index (χ0n) is 15.7. The van der Waals surface area contributed by atoms with Crippen molar-refractivity contribution in [1.29, 1.82) is 0 Å². The maximum absolute atomic E-state index is 11.8. The third kappa shape index (κ3) is 7.31. The maximum atomic E-state index is 11.8. The molecule has 0 fully saturated rings. The summed E-state index contributed by atoms with van der Waals surface area (Å²) in [6, 6.07) is 8.99. The van der Waals surface area contributed by atoms with Gasteiger partial charge in [0, 0.05) is 18.2 Å². The number of hydrogen-bond donors (Lipinski definition) is 2. The summed E-state index contributed by atoms with van der Waals surface area (Å²) in [5.74, 6) is -1.20. The van der Waals surface area contributed by atoms with Gasteiger partial charge in [-0.15, -0.1) is 0 Å². The summed E-state index contributed by atoms with van der Waals surface area (Å²) in [4.78, 5) is 34.9. The van der Waals surface area contributed by atoms with Crippen molar-refractivity contribution in [1.82, 2.24) is 20.4 Å². The van der Waals surface area contributed by atoms with Crippen LogP contribution in [0.5, 0.6) is 0 Å². The predicted molar refractivity (Wildman–Crippen MR) is 99.3 cm³/mol. The summed E-state index contributed by atoms with van der Waals surface area (Å²) in [6.07, 6.45) is 4.08. The van der Waals surface area contributed by atoms with Gasteiger partial charge in [0.15, 0.2) is 6.61 Å². The molecule has 3 amide bonds. The van der Waals surface area contributed by atoms with Crippen molar-refractivity contribution >= 4 is 17.9 Å². The van der Waals surface area contributed by atoms with Crippen LogP contribution in [0.1, 0.15) is 32.8 Å². The molecule has 1 heterocycles. The largest absolute Gasteiger partial charge is 0.456 e. The number of nitrogens with one attached hydrogen (secondary N) is 2. The molecule has 1 aromatic carbocycles. The average molecular weight is 372 g/mol. The molecule has 0 radical (unpaired) electrons. The lowest BCUT2D eigenvalue weighted by Gasteiger charge is -2.20. The van der Waals surface area contributed by atoms with E-state index >= 15 is 0 Å². The minimum absolute atomic E-state index is 0.113. The highest BCUT2D eigenvalue weighted by Crippen LogP contribution is 2.09. The molecule has 2 aromatic rings. The molecule has 8 heteroatoms. The van der Waals surface area contributed by atoms with E-state index in [1.165, 1.54) is 0 Å². The van der Waals surface area contributed by atoms with Crippen molar-refractivity contribution < 1.29 is 19.1 Å². The van der Waals surface area contributed by atoms with E-state index in [9.17, 15) is 14.4 Å². The van der Waals surface area contributed by atoms with E-state index in [0.29, 0.717) is 6.42 Å². The molecule has 0 aliphatic rings. The lowest BCUT2D eigenvalue weighted by atomic mass is 10.1. The Hall–Kier alpha value is -3.16. The molecule has 0 bridgehead atoms. The van der Waals surface area contributed by atoms with Crippen LogP contribution in [0.15, 0.2) is 42.7 Å². The van der Waals surface area contributed by atoms with Crippen molar-refractivity contribution in [2.24, 2.45) is 0 Å². The van der Waals surface area contributed by atoms with Crippen LogP contribution in [-0.2, 0) is 20.7 Å². The first kappa shape index (κ1) is 20.2. The number of ether oxygens (including phenoxy) is 1. The second-order valence-electron chi connectivity index (χ2n) is 7.04. The number of benzene rings is 1. The SMILES string of the molecule is CC(C)(C)NC(=O)NC(=O)COC(=O)CCc1cnn(-c2ccccc2)c1. The molecule has 8 nitrogen and oxygen atoms in total. The Morgan fingerprint density at radius 3 is 2.52 bits per heavy atom. The Morgan fingerprint density at radius 1 is 1.15 bits per heavy atom. The van der Waals surface area contributed by atoms with E-state index < -0.39 is 30.1 Å². The van der Waals surface area contributed by atoms with Crippen LogP contribution in [0.4, 0.5) is 4.79 Å². The minimum Gasteiger partial charge on any atom is -0.456 e. The van der Waals surface area contributed by atoms with Gasteiger partial charge >= 0.3 is 12.0 Å². The Labute approximate surface area is 157 Å². The van der Waals surface area contributed by atoms with Crippen molar-refractivity contribution in [2.75, 3.05) is 6.61 Å². The predicted octanol–water partition coefficient (Wildman–Crippen LogP) is 1.97. The summed E-state index contributed by atoms with van der Waals surface area (Å²) in [5, 5.41) is 8.94. The van der Waals surface area contributed by atoms with E-state index in [2.05, 4.69) is 15.7 Å². The second-order valence-corrected chi connectivity index (χ2v) is 7.04. The van der Waals surface area contributed by atoms with Crippen LogP contribution in [-0.4, -0.2) is 39.8 Å². The Morgan fingerprint density at radius 2 is 1.85 bits per heavy atom. The number of rotatable bonds is 6. The smallest absolute Gasteiger partial charge is 0.321 e. The molecule has 0 saturated carbocycles.